The van der Waals surface area contributed by atoms with Gasteiger partial charge in [-0.25, -0.2) is 9.78 Å². The topological polar surface area (TPSA) is 324 Å². The molecule has 0 radical (unpaired) electrons. The van der Waals surface area contributed by atoms with Crippen LogP contribution < -0.4 is 38.9 Å². The van der Waals surface area contributed by atoms with Gasteiger partial charge in [-0.15, -0.1) is 0 Å². The van der Waals surface area contributed by atoms with Gasteiger partial charge in [-0.05, 0) is 12.8 Å². The number of nitrogens with two attached hydrogens (primary N) is 4. The first kappa shape index (κ1) is 31.3. The fourth-order valence-electron chi connectivity index (χ4n) is 3.08. The Morgan fingerprint density at radius 1 is 0.921 bits per heavy atom. The van der Waals surface area contributed by atoms with E-state index in [0.29, 0.717) is 12.1 Å². The second-order valence-electron chi connectivity index (χ2n) is 8.13. The molecule has 0 saturated heterocycles. The number of primary amides is 1. The minimum atomic E-state index is -1.69. The summed E-state index contributed by atoms with van der Waals surface area (Å²) in [6.07, 6.45) is 1.28. The van der Waals surface area contributed by atoms with Crippen molar-refractivity contribution in [1.29, 1.82) is 0 Å². The van der Waals surface area contributed by atoms with E-state index in [-0.39, 0.29) is 25.3 Å². The number of amides is 4. The van der Waals surface area contributed by atoms with E-state index in [0.717, 1.165) is 0 Å². The van der Waals surface area contributed by atoms with Crippen molar-refractivity contribution in [3.8, 4) is 0 Å². The average molecular weight is 541 g/mol. The van der Waals surface area contributed by atoms with Crippen molar-refractivity contribution in [3.05, 3.63) is 18.2 Å². The Morgan fingerprint density at radius 2 is 1.53 bits per heavy atom. The third-order valence-corrected chi connectivity index (χ3v) is 4.95. The maximum atomic E-state index is 12.9. The monoisotopic (exact) mass is 540 g/mol. The molecule has 38 heavy (non-hydrogen) atoms. The second kappa shape index (κ2) is 15.4. The number of aromatic nitrogens is 2. The number of hydrogen-bond acceptors (Lipinski definition) is 9. The summed E-state index contributed by atoms with van der Waals surface area (Å²) in [7, 11) is 0. The highest BCUT2D eigenvalue weighted by Crippen LogP contribution is 2.04. The third kappa shape index (κ3) is 11.8. The van der Waals surface area contributed by atoms with Gasteiger partial charge < -0.3 is 54.1 Å². The van der Waals surface area contributed by atoms with Crippen LogP contribution in [0.2, 0.25) is 0 Å². The van der Waals surface area contributed by atoms with Gasteiger partial charge in [0.2, 0.25) is 23.6 Å². The Hall–Kier alpha value is -4.74. The lowest BCUT2D eigenvalue weighted by atomic mass is 10.1. The van der Waals surface area contributed by atoms with E-state index in [1.807, 2.05) is 0 Å². The standard InChI is InChI=1S/C20H32N10O8/c21-10(2-1-3-26-20(23)24)16(34)28-12(6-15(32)33)18(36)29-11(4-9-7-25-8-27-9)17(35)30-13(19(37)38)5-14(22)31/h7-8,10-13H,1-6,21H2,(H2,22,31)(H,25,27)(H,28,34)(H,29,36)(H,30,35)(H,32,33)(H,37,38)(H4,23,24,26). The number of aliphatic carboxylic acids is 2. The van der Waals surface area contributed by atoms with Crippen molar-refractivity contribution in [2.45, 2.75) is 56.3 Å². The Kier molecular flexibility index (Phi) is 12.7. The molecule has 0 spiro atoms. The highest BCUT2D eigenvalue weighted by molar-refractivity contribution is 5.96. The zero-order chi connectivity index (χ0) is 28.8. The summed E-state index contributed by atoms with van der Waals surface area (Å²) in [4.78, 5) is 82.4. The zero-order valence-electron chi connectivity index (χ0n) is 20.3. The van der Waals surface area contributed by atoms with Gasteiger partial charge in [0.1, 0.15) is 18.1 Å². The zero-order valence-corrected chi connectivity index (χ0v) is 20.3. The van der Waals surface area contributed by atoms with Crippen LogP contribution in [0.5, 0.6) is 0 Å². The first-order chi connectivity index (χ1) is 17.8. The number of nitrogens with zero attached hydrogens (tertiary/aromatic N) is 2. The molecule has 1 rings (SSSR count). The van der Waals surface area contributed by atoms with E-state index in [1.165, 1.54) is 12.5 Å². The Bertz CT molecular complexity index is 1030. The first-order valence-corrected chi connectivity index (χ1v) is 11.2. The van der Waals surface area contributed by atoms with E-state index in [9.17, 15) is 39.0 Å². The Balaban J connectivity index is 3.01. The maximum Gasteiger partial charge on any atom is 0.326 e. The fraction of sp³-hybridized carbons (Fsp3) is 0.500. The summed E-state index contributed by atoms with van der Waals surface area (Å²) in [5.74, 6) is -7.03. The van der Waals surface area contributed by atoms with Crippen molar-refractivity contribution >= 4 is 41.5 Å². The number of nitrogens with one attached hydrogen (secondary N) is 4. The van der Waals surface area contributed by atoms with Gasteiger partial charge in [-0.1, -0.05) is 0 Å². The lowest BCUT2D eigenvalue weighted by Crippen LogP contribution is -2.58. The molecule has 0 aliphatic carbocycles. The number of carbonyl (C=O) groups is 6. The van der Waals surface area contributed by atoms with Gasteiger partial charge in [0.25, 0.3) is 0 Å². The van der Waals surface area contributed by atoms with Crippen LogP contribution in [-0.2, 0) is 35.2 Å². The number of aromatic amines is 1. The molecule has 0 saturated carbocycles. The van der Waals surface area contributed by atoms with Gasteiger partial charge in [0, 0.05) is 24.9 Å². The minimum Gasteiger partial charge on any atom is -0.481 e. The normalized spacial score (nSPS) is 13.7. The molecule has 0 aliphatic heterocycles. The molecular formula is C20H32N10O8. The third-order valence-electron chi connectivity index (χ3n) is 4.95. The van der Waals surface area contributed by atoms with Gasteiger partial charge >= 0.3 is 11.9 Å². The summed E-state index contributed by atoms with van der Waals surface area (Å²) in [5.41, 5.74) is 21.6. The highest BCUT2D eigenvalue weighted by Gasteiger charge is 2.32. The van der Waals surface area contributed by atoms with Gasteiger partial charge in [0.05, 0.1) is 25.2 Å². The highest BCUT2D eigenvalue weighted by atomic mass is 16.4. The molecule has 1 aromatic heterocycles. The molecule has 0 bridgehead atoms. The Morgan fingerprint density at radius 3 is 2.05 bits per heavy atom. The first-order valence-electron chi connectivity index (χ1n) is 11.2. The number of H-pyrrole nitrogens is 1. The number of rotatable bonds is 17. The van der Waals surface area contributed by atoms with Crippen LogP contribution in [0.4, 0.5) is 0 Å². The van der Waals surface area contributed by atoms with Crippen LogP contribution in [0.1, 0.15) is 31.4 Å². The molecule has 4 amide bonds. The number of carboxylic acid groups (broad SMARTS) is 2. The number of hydrogen-bond donors (Lipinski definition) is 10. The van der Waals surface area contributed by atoms with Crippen molar-refractivity contribution in [1.82, 2.24) is 25.9 Å². The molecule has 14 N–H and O–H groups in total. The van der Waals surface area contributed by atoms with Gasteiger partial charge in [0.15, 0.2) is 5.96 Å². The van der Waals surface area contributed by atoms with Crippen LogP contribution in [0.15, 0.2) is 17.5 Å². The molecule has 0 aliphatic rings. The molecule has 4 atom stereocenters. The number of carboxylic acids is 2. The molecular weight excluding hydrogens is 508 g/mol. The lowest BCUT2D eigenvalue weighted by molar-refractivity contribution is -0.144. The molecule has 1 heterocycles. The van der Waals surface area contributed by atoms with E-state index in [2.05, 4.69) is 30.9 Å². The van der Waals surface area contributed by atoms with Crippen LogP contribution in [0.3, 0.4) is 0 Å². The molecule has 18 heteroatoms. The largest absolute Gasteiger partial charge is 0.481 e. The van der Waals surface area contributed by atoms with E-state index in [4.69, 9.17) is 22.9 Å². The SMILES string of the molecule is NC(=O)CC(NC(=O)C(Cc1cnc[nH]1)NC(=O)C(CC(=O)O)NC(=O)C(N)CCCN=C(N)N)C(=O)O. The number of guanidine groups is 1. The molecule has 0 fully saturated rings. The van der Waals surface area contributed by atoms with Crippen LogP contribution >= 0.6 is 0 Å². The van der Waals surface area contributed by atoms with E-state index >= 15 is 0 Å². The number of imidazole rings is 1. The summed E-state index contributed by atoms with van der Waals surface area (Å²) in [6, 6.07) is -5.91. The molecule has 1 aromatic rings. The summed E-state index contributed by atoms with van der Waals surface area (Å²) in [5, 5.41) is 25.1. The molecule has 0 aromatic carbocycles. The number of carbonyl (C=O) groups excluding carboxylic acids is 4. The summed E-state index contributed by atoms with van der Waals surface area (Å²) in [6.45, 7) is 0.194. The van der Waals surface area contributed by atoms with Gasteiger partial charge in [-0.2, -0.15) is 0 Å². The van der Waals surface area contributed by atoms with Crippen LogP contribution in [0.25, 0.3) is 0 Å². The average Bonchev–Trinajstić information content (AvgIpc) is 3.32. The molecule has 210 valence electrons. The van der Waals surface area contributed by atoms with Crippen LogP contribution in [-0.4, -0.2) is 92.4 Å². The van der Waals surface area contributed by atoms with E-state index < -0.39 is 72.6 Å². The second-order valence-corrected chi connectivity index (χ2v) is 8.13. The lowest BCUT2D eigenvalue weighted by Gasteiger charge is -2.24. The molecule has 18 nitrogen and oxygen atoms in total. The minimum absolute atomic E-state index is 0.116. The van der Waals surface area contributed by atoms with Crippen LogP contribution in [0, 0.1) is 0 Å². The van der Waals surface area contributed by atoms with E-state index in [1.54, 1.807) is 0 Å². The van der Waals surface area contributed by atoms with Crippen molar-refractivity contribution in [2.24, 2.45) is 27.9 Å². The van der Waals surface area contributed by atoms with Crippen molar-refractivity contribution < 1.29 is 39.0 Å². The predicted octanol–water partition coefficient (Wildman–Crippen LogP) is -4.78. The smallest absolute Gasteiger partial charge is 0.326 e. The van der Waals surface area contributed by atoms with Gasteiger partial charge in [-0.3, -0.25) is 29.0 Å². The summed E-state index contributed by atoms with van der Waals surface area (Å²) < 4.78 is 0. The summed E-state index contributed by atoms with van der Waals surface area (Å²) >= 11 is 0. The quantitative estimate of drug-likeness (QED) is 0.0505. The molecule has 4 unspecified atom stereocenters. The Labute approximate surface area is 216 Å². The number of aliphatic imine (C=N–C) groups is 1. The van der Waals surface area contributed by atoms with Crippen molar-refractivity contribution in [3.63, 3.8) is 0 Å². The fourth-order valence-corrected chi connectivity index (χ4v) is 3.08. The maximum absolute atomic E-state index is 12.9. The predicted molar refractivity (Wildman–Crippen MR) is 130 cm³/mol. The van der Waals surface area contributed by atoms with Crippen molar-refractivity contribution in [2.75, 3.05) is 6.54 Å².